The number of hydrogen-bond donors (Lipinski definition) is 1. The van der Waals surface area contributed by atoms with Crippen LogP contribution in [0.15, 0.2) is 24.5 Å². The van der Waals surface area contributed by atoms with E-state index >= 15 is 0 Å². The summed E-state index contributed by atoms with van der Waals surface area (Å²) in [4.78, 5) is 4.08. The molecule has 3 heteroatoms. The van der Waals surface area contributed by atoms with Crippen LogP contribution in [0.4, 0.5) is 0 Å². The van der Waals surface area contributed by atoms with Gasteiger partial charge in [-0.1, -0.05) is 13.8 Å². The largest absolute Gasteiger partial charge is 0.313 e. The zero-order valence-electron chi connectivity index (χ0n) is 11.9. The van der Waals surface area contributed by atoms with Crippen molar-refractivity contribution in [3.05, 3.63) is 30.1 Å². The molecule has 0 saturated heterocycles. The Morgan fingerprint density at radius 3 is 2.47 bits per heavy atom. The molecule has 0 aromatic carbocycles. The van der Waals surface area contributed by atoms with Crippen molar-refractivity contribution >= 4 is 0 Å². The molecule has 1 saturated carbocycles. The molecular weight excluding hydrogens is 234 g/mol. The van der Waals surface area contributed by atoms with Gasteiger partial charge in [-0.15, -0.1) is 0 Å². The lowest BCUT2D eigenvalue weighted by Crippen LogP contribution is -2.40. The molecule has 0 amide bonds. The van der Waals surface area contributed by atoms with Crippen LogP contribution in [0.2, 0.25) is 0 Å². The highest BCUT2D eigenvalue weighted by Gasteiger charge is 2.24. The Morgan fingerprint density at radius 1 is 1.26 bits per heavy atom. The Hall–Kier alpha value is -1.40. The second-order valence-corrected chi connectivity index (χ2v) is 6.18. The lowest BCUT2D eigenvalue weighted by molar-refractivity contribution is 0.311. The van der Waals surface area contributed by atoms with Crippen molar-refractivity contribution < 1.29 is 0 Å². The van der Waals surface area contributed by atoms with Gasteiger partial charge in [-0.2, -0.15) is 5.26 Å². The third-order valence-corrected chi connectivity index (χ3v) is 4.20. The molecule has 3 nitrogen and oxygen atoms in total. The fourth-order valence-electron chi connectivity index (χ4n) is 2.73. The standard InChI is InChI=1S/C16H23N3/c1-16(2,14-7-9-18-10-8-14)12-19-15-5-3-13(11-17)4-6-15/h7-10,13,15,19H,3-6,12H2,1-2H3. The zero-order valence-corrected chi connectivity index (χ0v) is 11.9. The minimum atomic E-state index is 0.120. The van der Waals surface area contributed by atoms with Crippen LogP contribution in [0.1, 0.15) is 45.1 Å². The lowest BCUT2D eigenvalue weighted by atomic mass is 9.83. The fraction of sp³-hybridized carbons (Fsp3) is 0.625. The number of nitrogens with one attached hydrogen (secondary N) is 1. The van der Waals surface area contributed by atoms with Crippen LogP contribution in [0, 0.1) is 17.2 Å². The summed E-state index contributed by atoms with van der Waals surface area (Å²) in [5.41, 5.74) is 1.44. The van der Waals surface area contributed by atoms with Gasteiger partial charge < -0.3 is 5.32 Å². The summed E-state index contributed by atoms with van der Waals surface area (Å²) in [7, 11) is 0. The topological polar surface area (TPSA) is 48.7 Å². The first kappa shape index (κ1) is 14.0. The van der Waals surface area contributed by atoms with Crippen LogP contribution in [-0.2, 0) is 5.41 Å². The smallest absolute Gasteiger partial charge is 0.0655 e. The van der Waals surface area contributed by atoms with Gasteiger partial charge in [0.15, 0.2) is 0 Å². The van der Waals surface area contributed by atoms with Crippen molar-refractivity contribution in [3.63, 3.8) is 0 Å². The molecule has 1 aliphatic rings. The van der Waals surface area contributed by atoms with Crippen LogP contribution in [0.3, 0.4) is 0 Å². The number of nitrogens with zero attached hydrogens (tertiary/aromatic N) is 2. The molecule has 1 N–H and O–H groups in total. The van der Waals surface area contributed by atoms with E-state index < -0.39 is 0 Å². The average Bonchev–Trinajstić information content (AvgIpc) is 2.47. The Morgan fingerprint density at radius 2 is 1.89 bits per heavy atom. The summed E-state index contributed by atoms with van der Waals surface area (Å²) in [6, 6.07) is 7.15. The first-order valence-electron chi connectivity index (χ1n) is 7.15. The van der Waals surface area contributed by atoms with Gasteiger partial charge in [0, 0.05) is 36.3 Å². The SMILES string of the molecule is CC(C)(CNC1CCC(C#N)CC1)c1ccncc1. The highest BCUT2D eigenvalue weighted by molar-refractivity contribution is 5.21. The highest BCUT2D eigenvalue weighted by atomic mass is 14.9. The first-order valence-corrected chi connectivity index (χ1v) is 7.15. The molecule has 102 valence electrons. The molecule has 1 fully saturated rings. The molecular formula is C16H23N3. The van der Waals surface area contributed by atoms with Gasteiger partial charge >= 0.3 is 0 Å². The third kappa shape index (κ3) is 3.78. The molecule has 0 bridgehead atoms. The second-order valence-electron chi connectivity index (χ2n) is 6.18. The monoisotopic (exact) mass is 257 g/mol. The maximum atomic E-state index is 8.91. The molecule has 0 aliphatic heterocycles. The fourth-order valence-corrected chi connectivity index (χ4v) is 2.73. The lowest BCUT2D eigenvalue weighted by Gasteiger charge is -2.31. The molecule has 1 heterocycles. The normalized spacial score (nSPS) is 23.8. The van der Waals surface area contributed by atoms with Gasteiger partial charge in [-0.3, -0.25) is 4.98 Å². The summed E-state index contributed by atoms with van der Waals surface area (Å²) in [6.45, 7) is 5.49. The van der Waals surface area contributed by atoms with E-state index in [2.05, 4.69) is 42.4 Å². The zero-order chi connectivity index (χ0) is 13.7. The minimum Gasteiger partial charge on any atom is -0.313 e. The van der Waals surface area contributed by atoms with E-state index in [1.54, 1.807) is 0 Å². The van der Waals surface area contributed by atoms with Crippen molar-refractivity contribution in [2.75, 3.05) is 6.54 Å². The van der Waals surface area contributed by atoms with Gasteiger partial charge in [-0.25, -0.2) is 0 Å². The first-order chi connectivity index (χ1) is 9.12. The number of hydrogen-bond acceptors (Lipinski definition) is 3. The van der Waals surface area contributed by atoms with Gasteiger partial charge in [0.2, 0.25) is 0 Å². The molecule has 2 rings (SSSR count). The highest BCUT2D eigenvalue weighted by Crippen LogP contribution is 2.26. The molecule has 1 aromatic heterocycles. The van der Waals surface area contributed by atoms with Crippen LogP contribution >= 0.6 is 0 Å². The molecule has 1 aliphatic carbocycles. The third-order valence-electron chi connectivity index (χ3n) is 4.20. The van der Waals surface area contributed by atoms with Gasteiger partial charge in [0.1, 0.15) is 0 Å². The number of nitriles is 1. The summed E-state index contributed by atoms with van der Waals surface area (Å²) < 4.78 is 0. The second kappa shape index (κ2) is 6.16. The van der Waals surface area contributed by atoms with Gasteiger partial charge in [0.25, 0.3) is 0 Å². The van der Waals surface area contributed by atoms with Crippen molar-refractivity contribution in [2.24, 2.45) is 5.92 Å². The Balaban J connectivity index is 1.84. The van der Waals surface area contributed by atoms with Gasteiger partial charge in [0.05, 0.1) is 6.07 Å². The van der Waals surface area contributed by atoms with E-state index in [1.807, 2.05) is 12.4 Å². The quantitative estimate of drug-likeness (QED) is 0.902. The number of aromatic nitrogens is 1. The molecule has 19 heavy (non-hydrogen) atoms. The Kier molecular flexibility index (Phi) is 4.55. The van der Waals surface area contributed by atoms with E-state index in [4.69, 9.17) is 5.26 Å². The Bertz CT molecular complexity index is 425. The maximum Gasteiger partial charge on any atom is 0.0655 e. The van der Waals surface area contributed by atoms with E-state index in [-0.39, 0.29) is 11.3 Å². The van der Waals surface area contributed by atoms with Crippen LogP contribution in [-0.4, -0.2) is 17.6 Å². The number of pyridine rings is 1. The van der Waals surface area contributed by atoms with Crippen molar-refractivity contribution in [1.29, 1.82) is 5.26 Å². The van der Waals surface area contributed by atoms with E-state index in [0.29, 0.717) is 6.04 Å². The summed E-state index contributed by atoms with van der Waals surface area (Å²) in [6.07, 6.45) is 8.06. The summed E-state index contributed by atoms with van der Waals surface area (Å²) >= 11 is 0. The van der Waals surface area contributed by atoms with Crippen molar-refractivity contribution in [3.8, 4) is 6.07 Å². The van der Waals surface area contributed by atoms with Gasteiger partial charge in [-0.05, 0) is 43.4 Å². The summed E-state index contributed by atoms with van der Waals surface area (Å²) in [5, 5.41) is 12.6. The molecule has 0 spiro atoms. The molecule has 0 unspecified atom stereocenters. The van der Waals surface area contributed by atoms with E-state index in [0.717, 1.165) is 32.2 Å². The molecule has 1 aromatic rings. The van der Waals surface area contributed by atoms with Crippen LogP contribution in [0.5, 0.6) is 0 Å². The van der Waals surface area contributed by atoms with Crippen molar-refractivity contribution in [2.45, 2.75) is 51.0 Å². The predicted octanol–water partition coefficient (Wildman–Crippen LogP) is 3.03. The maximum absolute atomic E-state index is 8.91. The predicted molar refractivity (Wildman–Crippen MR) is 76.6 cm³/mol. The minimum absolute atomic E-state index is 0.120. The number of rotatable bonds is 4. The average molecular weight is 257 g/mol. The van der Waals surface area contributed by atoms with E-state index in [1.165, 1.54) is 5.56 Å². The molecule has 0 atom stereocenters. The Labute approximate surface area is 116 Å². The van der Waals surface area contributed by atoms with E-state index in [9.17, 15) is 0 Å². The van der Waals surface area contributed by atoms with Crippen LogP contribution in [0.25, 0.3) is 0 Å². The van der Waals surface area contributed by atoms with Crippen LogP contribution < -0.4 is 5.32 Å². The summed E-state index contributed by atoms with van der Waals surface area (Å²) in [5.74, 6) is 0.284. The molecule has 0 radical (unpaired) electrons. The van der Waals surface area contributed by atoms with Crippen molar-refractivity contribution in [1.82, 2.24) is 10.3 Å².